The Balaban J connectivity index is 1.74. The normalized spacial score (nSPS) is 17.9. The molecule has 0 spiro atoms. The van der Waals surface area contributed by atoms with Gasteiger partial charge in [-0.15, -0.1) is 0 Å². The number of para-hydroxylation sites is 1. The van der Waals surface area contributed by atoms with Crippen LogP contribution in [0.1, 0.15) is 26.2 Å². The lowest BCUT2D eigenvalue weighted by Gasteiger charge is -2.36. The van der Waals surface area contributed by atoms with Crippen LogP contribution in [0.3, 0.4) is 0 Å². The third-order valence-electron chi connectivity index (χ3n) is 5.64. The van der Waals surface area contributed by atoms with Gasteiger partial charge in [-0.25, -0.2) is 4.98 Å². The van der Waals surface area contributed by atoms with Crippen LogP contribution in [0.5, 0.6) is 0 Å². The van der Waals surface area contributed by atoms with Gasteiger partial charge in [0.25, 0.3) is 0 Å². The van der Waals surface area contributed by atoms with Crippen LogP contribution in [0.25, 0.3) is 33.1 Å². The second-order valence-electron chi connectivity index (χ2n) is 7.37. The van der Waals surface area contributed by atoms with Crippen LogP contribution in [0, 0.1) is 0 Å². The molecule has 0 aliphatic carbocycles. The lowest BCUT2D eigenvalue weighted by molar-refractivity contribution is 0.485. The Bertz CT molecular complexity index is 1080. The van der Waals surface area contributed by atoms with Crippen molar-refractivity contribution in [2.24, 2.45) is 0 Å². The molecule has 4 aromatic rings. The zero-order valence-corrected chi connectivity index (χ0v) is 15.1. The van der Waals surface area contributed by atoms with Crippen molar-refractivity contribution < 1.29 is 0 Å². The summed E-state index contributed by atoms with van der Waals surface area (Å²) < 4.78 is 0. The molecule has 1 fully saturated rings. The molecule has 0 bridgehead atoms. The van der Waals surface area contributed by atoms with Gasteiger partial charge in [0.05, 0.1) is 16.9 Å². The predicted octanol–water partition coefficient (Wildman–Crippen LogP) is 5.76. The maximum Gasteiger partial charge on any atom is 0.0943 e. The molecule has 130 valence electrons. The third kappa shape index (κ3) is 2.55. The van der Waals surface area contributed by atoms with Crippen molar-refractivity contribution in [2.75, 3.05) is 11.4 Å². The van der Waals surface area contributed by atoms with Gasteiger partial charge >= 0.3 is 0 Å². The summed E-state index contributed by atoms with van der Waals surface area (Å²) in [6, 6.07) is 20.1. The van der Waals surface area contributed by atoms with Crippen molar-refractivity contribution in [3.8, 4) is 11.3 Å². The molecule has 1 saturated heterocycles. The van der Waals surface area contributed by atoms with Crippen LogP contribution in [-0.4, -0.2) is 22.6 Å². The van der Waals surface area contributed by atoms with Crippen LogP contribution in [0.2, 0.25) is 0 Å². The topological polar surface area (TPSA) is 31.9 Å². The average Bonchev–Trinajstić information content (AvgIpc) is 3.15. The second kappa shape index (κ2) is 6.17. The molecule has 5 rings (SSSR count). The number of hydrogen-bond acceptors (Lipinski definition) is 2. The molecular formula is C23H23N3. The minimum atomic E-state index is 0.557. The van der Waals surface area contributed by atoms with E-state index in [-0.39, 0.29) is 0 Å². The highest BCUT2D eigenvalue weighted by molar-refractivity contribution is 5.92. The number of nitrogens with zero attached hydrogens (tertiary/aromatic N) is 2. The van der Waals surface area contributed by atoms with E-state index in [1.165, 1.54) is 46.8 Å². The van der Waals surface area contributed by atoms with E-state index in [2.05, 4.69) is 71.4 Å². The molecule has 1 aliphatic rings. The number of aromatic nitrogens is 2. The number of hydrogen-bond donors (Lipinski definition) is 1. The molecule has 26 heavy (non-hydrogen) atoms. The smallest absolute Gasteiger partial charge is 0.0943 e. The van der Waals surface area contributed by atoms with Crippen molar-refractivity contribution in [3.05, 3.63) is 60.8 Å². The Labute approximate surface area is 153 Å². The minimum Gasteiger partial charge on any atom is -0.367 e. The zero-order chi connectivity index (χ0) is 17.5. The standard InChI is InChI=1S/C23H23N3/c1-16-6-4-5-13-26(16)22-15-17-7-2-3-8-21(17)25-23(22)19-9-10-20-18(14-19)11-12-24-20/h2-3,7-12,14-16,24H,4-6,13H2,1H3/t16-/m0/s1. The average molecular weight is 341 g/mol. The molecule has 2 aromatic carbocycles. The predicted molar refractivity (Wildman–Crippen MR) is 110 cm³/mol. The van der Waals surface area contributed by atoms with Gasteiger partial charge in [0, 0.05) is 40.6 Å². The van der Waals surface area contributed by atoms with Gasteiger partial charge in [-0.2, -0.15) is 0 Å². The fourth-order valence-electron chi connectivity index (χ4n) is 4.19. The second-order valence-corrected chi connectivity index (χ2v) is 7.37. The Morgan fingerprint density at radius 2 is 1.92 bits per heavy atom. The largest absolute Gasteiger partial charge is 0.367 e. The SMILES string of the molecule is C[C@H]1CCCCN1c1cc2ccccc2nc1-c1ccc2[nH]ccc2c1. The van der Waals surface area contributed by atoms with Crippen LogP contribution in [-0.2, 0) is 0 Å². The molecular weight excluding hydrogens is 318 g/mol. The number of fused-ring (bicyclic) bond motifs is 2. The number of H-pyrrole nitrogens is 1. The minimum absolute atomic E-state index is 0.557. The number of anilines is 1. The van der Waals surface area contributed by atoms with Crippen LogP contribution in [0.15, 0.2) is 60.8 Å². The number of rotatable bonds is 2. The lowest BCUT2D eigenvalue weighted by atomic mass is 9.99. The van der Waals surface area contributed by atoms with E-state index in [1.807, 2.05) is 6.20 Å². The number of aromatic amines is 1. The fraction of sp³-hybridized carbons (Fsp3) is 0.261. The summed E-state index contributed by atoms with van der Waals surface area (Å²) in [6.45, 7) is 3.45. The monoisotopic (exact) mass is 341 g/mol. The first-order valence-electron chi connectivity index (χ1n) is 9.53. The van der Waals surface area contributed by atoms with Crippen LogP contribution in [0.4, 0.5) is 5.69 Å². The molecule has 0 unspecified atom stereocenters. The van der Waals surface area contributed by atoms with E-state index >= 15 is 0 Å². The summed E-state index contributed by atoms with van der Waals surface area (Å²) in [5.74, 6) is 0. The van der Waals surface area contributed by atoms with E-state index in [4.69, 9.17) is 4.98 Å². The molecule has 0 radical (unpaired) electrons. The maximum atomic E-state index is 5.09. The van der Waals surface area contributed by atoms with Gasteiger partial charge < -0.3 is 9.88 Å². The summed E-state index contributed by atoms with van der Waals surface area (Å²) in [4.78, 5) is 10.9. The molecule has 1 N–H and O–H groups in total. The first-order chi connectivity index (χ1) is 12.8. The van der Waals surface area contributed by atoms with Crippen LogP contribution < -0.4 is 4.90 Å². The van der Waals surface area contributed by atoms with Crippen LogP contribution >= 0.6 is 0 Å². The molecule has 1 atom stereocenters. The van der Waals surface area contributed by atoms with Crippen molar-refractivity contribution in [1.82, 2.24) is 9.97 Å². The molecule has 3 nitrogen and oxygen atoms in total. The lowest BCUT2D eigenvalue weighted by Crippen LogP contribution is -2.37. The van der Waals surface area contributed by atoms with Gasteiger partial charge in [-0.3, -0.25) is 0 Å². The first-order valence-corrected chi connectivity index (χ1v) is 9.53. The van der Waals surface area contributed by atoms with Gasteiger partial charge in [0.2, 0.25) is 0 Å². The Hall–Kier alpha value is -2.81. The summed E-state index contributed by atoms with van der Waals surface area (Å²) in [6.07, 6.45) is 5.83. The van der Waals surface area contributed by atoms with Gasteiger partial charge in [0.15, 0.2) is 0 Å². The number of piperidine rings is 1. The molecule has 3 heterocycles. The highest BCUT2D eigenvalue weighted by Gasteiger charge is 2.23. The molecule has 0 saturated carbocycles. The summed E-state index contributed by atoms with van der Waals surface area (Å²) >= 11 is 0. The van der Waals surface area contributed by atoms with Gasteiger partial charge in [-0.1, -0.05) is 24.3 Å². The Morgan fingerprint density at radius 1 is 1.00 bits per heavy atom. The van der Waals surface area contributed by atoms with Crippen molar-refractivity contribution in [2.45, 2.75) is 32.2 Å². The number of nitrogens with one attached hydrogen (secondary N) is 1. The summed E-state index contributed by atoms with van der Waals surface area (Å²) in [7, 11) is 0. The fourth-order valence-corrected chi connectivity index (χ4v) is 4.19. The van der Waals surface area contributed by atoms with E-state index in [0.717, 1.165) is 17.8 Å². The third-order valence-corrected chi connectivity index (χ3v) is 5.64. The van der Waals surface area contributed by atoms with E-state index in [1.54, 1.807) is 0 Å². The Kier molecular flexibility index (Phi) is 3.66. The maximum absolute atomic E-state index is 5.09. The van der Waals surface area contributed by atoms with Crippen molar-refractivity contribution >= 4 is 27.5 Å². The first kappa shape index (κ1) is 15.4. The number of benzene rings is 2. The van der Waals surface area contributed by atoms with Crippen molar-refractivity contribution in [1.29, 1.82) is 0 Å². The van der Waals surface area contributed by atoms with E-state index < -0.39 is 0 Å². The zero-order valence-electron chi connectivity index (χ0n) is 15.1. The molecule has 0 amide bonds. The Morgan fingerprint density at radius 3 is 2.85 bits per heavy atom. The highest BCUT2D eigenvalue weighted by atomic mass is 15.2. The molecule has 3 heteroatoms. The highest BCUT2D eigenvalue weighted by Crippen LogP contribution is 2.36. The number of pyridine rings is 1. The summed E-state index contributed by atoms with van der Waals surface area (Å²) in [5.41, 5.74) is 5.79. The summed E-state index contributed by atoms with van der Waals surface area (Å²) in [5, 5.41) is 2.45. The van der Waals surface area contributed by atoms with Crippen molar-refractivity contribution in [3.63, 3.8) is 0 Å². The quantitative estimate of drug-likeness (QED) is 0.502. The molecule has 2 aromatic heterocycles. The van der Waals surface area contributed by atoms with Gasteiger partial charge in [-0.05, 0) is 56.5 Å². The van der Waals surface area contributed by atoms with E-state index in [9.17, 15) is 0 Å². The molecule has 1 aliphatic heterocycles. The van der Waals surface area contributed by atoms with Gasteiger partial charge in [0.1, 0.15) is 0 Å². The van der Waals surface area contributed by atoms with E-state index in [0.29, 0.717) is 6.04 Å².